The third-order valence-electron chi connectivity index (χ3n) is 7.59. The number of rotatable bonds is 10. The summed E-state index contributed by atoms with van der Waals surface area (Å²) >= 11 is 0. The summed E-state index contributed by atoms with van der Waals surface area (Å²) in [6.07, 6.45) is 13.1. The molecule has 39 heavy (non-hydrogen) atoms. The number of benzene rings is 1. The number of likely N-dealkylation sites (tertiary alicyclic amines) is 1. The maximum Gasteiger partial charge on any atom is 0.410 e. The second kappa shape index (κ2) is 14.0. The second-order valence-electron chi connectivity index (χ2n) is 12.0. The summed E-state index contributed by atoms with van der Waals surface area (Å²) in [6.45, 7) is 9.12. The zero-order valence-electron chi connectivity index (χ0n) is 24.4. The smallest absolute Gasteiger partial charge is 0.410 e. The van der Waals surface area contributed by atoms with Gasteiger partial charge in [0.2, 0.25) is 5.88 Å². The lowest BCUT2D eigenvalue weighted by Gasteiger charge is -2.36. The van der Waals surface area contributed by atoms with Gasteiger partial charge in [0.25, 0.3) is 0 Å². The Morgan fingerprint density at radius 2 is 1.74 bits per heavy atom. The van der Waals surface area contributed by atoms with Gasteiger partial charge in [-0.1, -0.05) is 31.9 Å². The molecule has 0 bridgehead atoms. The molecule has 1 aliphatic heterocycles. The molecule has 1 aromatic heterocycles. The van der Waals surface area contributed by atoms with E-state index in [4.69, 9.17) is 14.2 Å². The third-order valence-corrected chi connectivity index (χ3v) is 7.59. The first-order chi connectivity index (χ1) is 18.8. The highest BCUT2D eigenvalue weighted by molar-refractivity contribution is 5.69. The van der Waals surface area contributed by atoms with Crippen LogP contribution in [0.4, 0.5) is 4.79 Å². The van der Waals surface area contributed by atoms with Crippen molar-refractivity contribution in [2.75, 3.05) is 13.2 Å². The number of hydrogen-bond donors (Lipinski definition) is 0. The minimum Gasteiger partial charge on any atom is -0.490 e. The van der Waals surface area contributed by atoms with E-state index in [0.29, 0.717) is 18.6 Å². The van der Waals surface area contributed by atoms with Crippen molar-refractivity contribution in [3.8, 4) is 22.8 Å². The first kappa shape index (κ1) is 29.2. The minimum atomic E-state index is -0.499. The average molecular weight is 538 g/mol. The number of nitrogens with zero attached hydrogens (tertiary/aromatic N) is 3. The van der Waals surface area contributed by atoms with Crippen LogP contribution >= 0.6 is 0 Å². The molecule has 0 radical (unpaired) electrons. The summed E-state index contributed by atoms with van der Waals surface area (Å²) in [6, 6.07) is 10.5. The van der Waals surface area contributed by atoms with Gasteiger partial charge in [-0.25, -0.2) is 4.79 Å². The molecule has 214 valence electrons. The fourth-order valence-corrected chi connectivity index (χ4v) is 5.50. The van der Waals surface area contributed by atoms with Crippen molar-refractivity contribution in [1.82, 2.24) is 15.1 Å². The van der Waals surface area contributed by atoms with Gasteiger partial charge in [-0.05, 0) is 96.3 Å². The van der Waals surface area contributed by atoms with Crippen LogP contribution in [0.5, 0.6) is 11.6 Å². The van der Waals surface area contributed by atoms with E-state index in [1.54, 1.807) is 0 Å². The molecule has 7 heteroatoms. The number of amides is 1. The van der Waals surface area contributed by atoms with E-state index in [1.165, 1.54) is 19.3 Å². The Bertz CT molecular complexity index is 1040. The number of aromatic nitrogens is 2. The standard InChI is InChI=1S/C32H47N3O4/c1-5-6-15-29-28(24-16-18-27(19-17-24)38-26-13-8-7-9-14-26)23-30(34-33-29)37-22-20-25-12-10-11-21-35(25)31(36)39-32(2,3)4/h16-19,23,25-26H,5-15,20-22H2,1-4H3. The maximum atomic E-state index is 12.7. The molecule has 7 nitrogen and oxygen atoms in total. The SMILES string of the molecule is CCCCc1nnc(OCCC2CCCCN2C(=O)OC(C)(C)C)cc1-c1ccc(OC2CCCCC2)cc1. The number of unbranched alkanes of at least 4 members (excludes halogenated alkanes) is 1. The molecular weight excluding hydrogens is 490 g/mol. The summed E-state index contributed by atoms with van der Waals surface area (Å²) in [5.74, 6) is 1.45. The second-order valence-corrected chi connectivity index (χ2v) is 12.0. The summed E-state index contributed by atoms with van der Waals surface area (Å²) < 4.78 is 18.0. The minimum absolute atomic E-state index is 0.113. The molecule has 1 aromatic carbocycles. The molecule has 1 saturated carbocycles. The van der Waals surface area contributed by atoms with Crippen LogP contribution in [-0.2, 0) is 11.2 Å². The lowest BCUT2D eigenvalue weighted by molar-refractivity contribution is 0.00736. The molecule has 1 unspecified atom stereocenters. The first-order valence-corrected chi connectivity index (χ1v) is 15.1. The van der Waals surface area contributed by atoms with Crippen LogP contribution in [-0.4, -0.2) is 52.1 Å². The Morgan fingerprint density at radius 3 is 2.46 bits per heavy atom. The van der Waals surface area contributed by atoms with Crippen LogP contribution in [0.2, 0.25) is 0 Å². The molecule has 2 aliphatic rings. The van der Waals surface area contributed by atoms with Crippen molar-refractivity contribution in [1.29, 1.82) is 0 Å². The van der Waals surface area contributed by atoms with Crippen LogP contribution in [0.1, 0.15) is 104 Å². The summed E-state index contributed by atoms with van der Waals surface area (Å²) in [5, 5.41) is 8.96. The zero-order valence-corrected chi connectivity index (χ0v) is 24.4. The largest absolute Gasteiger partial charge is 0.490 e. The molecule has 1 amide bonds. The van der Waals surface area contributed by atoms with E-state index in [1.807, 2.05) is 31.7 Å². The lowest BCUT2D eigenvalue weighted by atomic mass is 9.97. The number of carbonyl (C=O) groups excluding carboxylic acids is 1. The Morgan fingerprint density at radius 1 is 1.00 bits per heavy atom. The van der Waals surface area contributed by atoms with Gasteiger partial charge >= 0.3 is 6.09 Å². The normalized spacial score (nSPS) is 18.6. The molecule has 4 rings (SSSR count). The Balaban J connectivity index is 1.41. The van der Waals surface area contributed by atoms with Gasteiger partial charge in [0.05, 0.1) is 18.4 Å². The zero-order chi connectivity index (χ0) is 27.7. The number of hydrogen-bond acceptors (Lipinski definition) is 6. The number of piperidine rings is 1. The molecule has 2 heterocycles. The van der Waals surface area contributed by atoms with Gasteiger partial charge in [-0.2, -0.15) is 5.10 Å². The van der Waals surface area contributed by atoms with Crippen LogP contribution in [0.25, 0.3) is 11.1 Å². The molecule has 1 atom stereocenters. The fourth-order valence-electron chi connectivity index (χ4n) is 5.50. The highest BCUT2D eigenvalue weighted by Gasteiger charge is 2.30. The molecule has 0 spiro atoms. The van der Waals surface area contributed by atoms with Crippen LogP contribution in [0, 0.1) is 0 Å². The van der Waals surface area contributed by atoms with Gasteiger partial charge in [0.15, 0.2) is 0 Å². The molecule has 1 saturated heterocycles. The van der Waals surface area contributed by atoms with Crippen molar-refractivity contribution in [3.63, 3.8) is 0 Å². The van der Waals surface area contributed by atoms with E-state index in [-0.39, 0.29) is 12.1 Å². The predicted octanol–water partition coefficient (Wildman–Crippen LogP) is 7.76. The van der Waals surface area contributed by atoms with Gasteiger partial charge in [0.1, 0.15) is 11.4 Å². The van der Waals surface area contributed by atoms with Gasteiger partial charge < -0.3 is 19.1 Å². The van der Waals surface area contributed by atoms with Crippen molar-refractivity contribution in [2.45, 2.75) is 122 Å². The van der Waals surface area contributed by atoms with Gasteiger partial charge in [-0.15, -0.1) is 5.10 Å². The fraction of sp³-hybridized carbons (Fsp3) is 0.656. The van der Waals surface area contributed by atoms with Crippen molar-refractivity contribution in [2.24, 2.45) is 0 Å². The van der Waals surface area contributed by atoms with Crippen molar-refractivity contribution >= 4 is 6.09 Å². The Labute approximate surface area is 234 Å². The number of carbonyl (C=O) groups is 1. The van der Waals surface area contributed by atoms with Crippen LogP contribution < -0.4 is 9.47 Å². The molecule has 2 fully saturated rings. The summed E-state index contributed by atoms with van der Waals surface area (Å²) in [4.78, 5) is 14.6. The van der Waals surface area contributed by atoms with Gasteiger partial charge in [0, 0.05) is 30.6 Å². The number of ether oxygens (including phenoxy) is 3. The van der Waals surface area contributed by atoms with E-state index in [9.17, 15) is 4.79 Å². The van der Waals surface area contributed by atoms with E-state index >= 15 is 0 Å². The van der Waals surface area contributed by atoms with Crippen LogP contribution in [0.15, 0.2) is 30.3 Å². The van der Waals surface area contributed by atoms with E-state index in [0.717, 1.165) is 86.9 Å². The quantitative estimate of drug-likeness (QED) is 0.308. The summed E-state index contributed by atoms with van der Waals surface area (Å²) in [5.41, 5.74) is 2.65. The Hall–Kier alpha value is -2.83. The highest BCUT2D eigenvalue weighted by atomic mass is 16.6. The molecule has 2 aromatic rings. The monoisotopic (exact) mass is 537 g/mol. The third kappa shape index (κ3) is 8.84. The Kier molecular flexibility index (Phi) is 10.5. The average Bonchev–Trinajstić information content (AvgIpc) is 2.92. The first-order valence-electron chi connectivity index (χ1n) is 15.1. The maximum absolute atomic E-state index is 12.7. The predicted molar refractivity (Wildman–Crippen MR) is 154 cm³/mol. The van der Waals surface area contributed by atoms with Gasteiger partial charge in [-0.3, -0.25) is 0 Å². The lowest BCUT2D eigenvalue weighted by Crippen LogP contribution is -2.46. The van der Waals surface area contributed by atoms with E-state index < -0.39 is 5.60 Å². The number of aryl methyl sites for hydroxylation is 1. The highest BCUT2D eigenvalue weighted by Crippen LogP contribution is 2.30. The van der Waals surface area contributed by atoms with Crippen molar-refractivity contribution in [3.05, 3.63) is 36.0 Å². The molecule has 1 aliphatic carbocycles. The van der Waals surface area contributed by atoms with E-state index in [2.05, 4.69) is 41.4 Å². The van der Waals surface area contributed by atoms with Crippen molar-refractivity contribution < 1.29 is 19.0 Å². The summed E-state index contributed by atoms with van der Waals surface area (Å²) in [7, 11) is 0. The van der Waals surface area contributed by atoms with Crippen LogP contribution in [0.3, 0.4) is 0 Å². The molecular formula is C32H47N3O4. The molecule has 0 N–H and O–H groups in total. The topological polar surface area (TPSA) is 73.8 Å².